The fourth-order valence-electron chi connectivity index (χ4n) is 1.91. The van der Waals surface area contributed by atoms with E-state index in [1.165, 1.54) is 12.3 Å². The van der Waals surface area contributed by atoms with Gasteiger partial charge in [0, 0.05) is 30.6 Å². The summed E-state index contributed by atoms with van der Waals surface area (Å²) in [5, 5.41) is 5.69. The average molecular weight is 302 g/mol. The average Bonchev–Trinajstić information content (AvgIpc) is 2.42. The molecule has 2 rings (SSSR count). The van der Waals surface area contributed by atoms with Gasteiger partial charge in [-0.25, -0.2) is 19.7 Å². The Kier molecular flexibility index (Phi) is 5.18. The Balaban J connectivity index is 1.74. The van der Waals surface area contributed by atoms with Gasteiger partial charge in [0.2, 0.25) is 11.9 Å². The van der Waals surface area contributed by atoms with Crippen molar-refractivity contribution >= 4 is 17.7 Å². The SMILES string of the molecule is Cc1cc(C)nc(NCCCC(=O)Nc2ccnc(=O)[nH]2)n1. The zero-order chi connectivity index (χ0) is 15.9. The molecule has 0 aromatic carbocycles. The van der Waals surface area contributed by atoms with Crippen molar-refractivity contribution in [3.05, 3.63) is 40.2 Å². The lowest BCUT2D eigenvalue weighted by atomic mass is 10.3. The Morgan fingerprint density at radius 1 is 1.27 bits per heavy atom. The van der Waals surface area contributed by atoms with Crippen LogP contribution in [0.5, 0.6) is 0 Å². The Morgan fingerprint density at radius 2 is 2.00 bits per heavy atom. The summed E-state index contributed by atoms with van der Waals surface area (Å²) in [6.07, 6.45) is 2.28. The minimum atomic E-state index is -0.494. The molecule has 2 aromatic rings. The number of aryl methyl sites for hydroxylation is 2. The maximum atomic E-state index is 11.7. The fourth-order valence-corrected chi connectivity index (χ4v) is 1.91. The molecule has 0 saturated carbocycles. The van der Waals surface area contributed by atoms with E-state index in [0.29, 0.717) is 31.2 Å². The maximum Gasteiger partial charge on any atom is 0.346 e. The topological polar surface area (TPSA) is 113 Å². The lowest BCUT2D eigenvalue weighted by molar-refractivity contribution is -0.116. The molecule has 3 N–H and O–H groups in total. The first-order valence-electron chi connectivity index (χ1n) is 6.94. The van der Waals surface area contributed by atoms with Crippen LogP contribution in [0.1, 0.15) is 24.2 Å². The minimum Gasteiger partial charge on any atom is -0.354 e. The van der Waals surface area contributed by atoms with Gasteiger partial charge in [-0.3, -0.25) is 9.78 Å². The van der Waals surface area contributed by atoms with E-state index in [9.17, 15) is 9.59 Å². The number of aromatic nitrogens is 4. The number of hydrogen-bond donors (Lipinski definition) is 3. The number of anilines is 2. The standard InChI is InChI=1S/C14H18N6O2/c1-9-8-10(2)18-13(17-9)15-6-3-4-12(21)19-11-5-7-16-14(22)20-11/h5,7-8H,3-4,6H2,1-2H3,(H,15,17,18)(H2,16,19,20,21,22). The Labute approximate surface area is 127 Å². The first-order chi connectivity index (χ1) is 10.5. The molecule has 8 nitrogen and oxygen atoms in total. The number of nitrogens with zero attached hydrogens (tertiary/aromatic N) is 3. The molecule has 0 radical (unpaired) electrons. The quantitative estimate of drug-likeness (QED) is 0.686. The molecule has 0 bridgehead atoms. The molecular weight excluding hydrogens is 284 g/mol. The van der Waals surface area contributed by atoms with Crippen LogP contribution in [0.2, 0.25) is 0 Å². The van der Waals surface area contributed by atoms with Crippen LogP contribution in [0.3, 0.4) is 0 Å². The van der Waals surface area contributed by atoms with Crippen LogP contribution in [0.15, 0.2) is 23.1 Å². The van der Waals surface area contributed by atoms with E-state index in [1.807, 2.05) is 19.9 Å². The summed E-state index contributed by atoms with van der Waals surface area (Å²) in [5.74, 6) is 0.733. The summed E-state index contributed by atoms with van der Waals surface area (Å²) in [6, 6.07) is 3.43. The van der Waals surface area contributed by atoms with Crippen LogP contribution in [-0.4, -0.2) is 32.4 Å². The molecule has 0 fully saturated rings. The van der Waals surface area contributed by atoms with Crippen molar-refractivity contribution in [1.82, 2.24) is 19.9 Å². The molecule has 0 aliphatic rings. The molecule has 1 amide bonds. The van der Waals surface area contributed by atoms with E-state index < -0.39 is 5.69 Å². The van der Waals surface area contributed by atoms with Crippen molar-refractivity contribution in [3.8, 4) is 0 Å². The number of hydrogen-bond acceptors (Lipinski definition) is 6. The van der Waals surface area contributed by atoms with E-state index in [0.717, 1.165) is 11.4 Å². The predicted molar refractivity (Wildman–Crippen MR) is 82.7 cm³/mol. The minimum absolute atomic E-state index is 0.176. The van der Waals surface area contributed by atoms with Crippen LogP contribution in [0.25, 0.3) is 0 Å². The predicted octanol–water partition coefficient (Wildman–Crippen LogP) is 1.01. The fraction of sp³-hybridized carbons (Fsp3) is 0.357. The van der Waals surface area contributed by atoms with E-state index in [1.54, 1.807) is 0 Å². The molecule has 0 aliphatic carbocycles. The molecule has 22 heavy (non-hydrogen) atoms. The third-order valence-electron chi connectivity index (χ3n) is 2.79. The molecule has 2 heterocycles. The van der Waals surface area contributed by atoms with Crippen LogP contribution in [-0.2, 0) is 4.79 Å². The second-order valence-electron chi connectivity index (χ2n) is 4.84. The van der Waals surface area contributed by atoms with E-state index in [4.69, 9.17) is 0 Å². The van der Waals surface area contributed by atoms with E-state index in [2.05, 4.69) is 30.6 Å². The monoisotopic (exact) mass is 302 g/mol. The van der Waals surface area contributed by atoms with E-state index >= 15 is 0 Å². The van der Waals surface area contributed by atoms with Crippen molar-refractivity contribution in [2.75, 3.05) is 17.2 Å². The molecule has 0 atom stereocenters. The third-order valence-corrected chi connectivity index (χ3v) is 2.79. The summed E-state index contributed by atoms with van der Waals surface area (Å²) in [6.45, 7) is 4.40. The summed E-state index contributed by atoms with van der Waals surface area (Å²) < 4.78 is 0. The number of rotatable bonds is 6. The number of aromatic amines is 1. The van der Waals surface area contributed by atoms with Gasteiger partial charge < -0.3 is 10.6 Å². The number of carbonyl (C=O) groups excluding carboxylic acids is 1. The maximum absolute atomic E-state index is 11.7. The van der Waals surface area contributed by atoms with Crippen LogP contribution in [0.4, 0.5) is 11.8 Å². The van der Waals surface area contributed by atoms with Crippen LogP contribution in [0, 0.1) is 13.8 Å². The zero-order valence-corrected chi connectivity index (χ0v) is 12.5. The van der Waals surface area contributed by atoms with Gasteiger partial charge in [-0.1, -0.05) is 0 Å². The highest BCUT2D eigenvalue weighted by molar-refractivity contribution is 5.89. The van der Waals surface area contributed by atoms with Crippen molar-refractivity contribution in [3.63, 3.8) is 0 Å². The largest absolute Gasteiger partial charge is 0.354 e. The van der Waals surface area contributed by atoms with Crippen LogP contribution >= 0.6 is 0 Å². The Morgan fingerprint density at radius 3 is 2.68 bits per heavy atom. The number of H-pyrrole nitrogens is 1. The van der Waals surface area contributed by atoms with Gasteiger partial charge in [-0.2, -0.15) is 0 Å². The highest BCUT2D eigenvalue weighted by Crippen LogP contribution is 2.04. The zero-order valence-electron chi connectivity index (χ0n) is 12.5. The van der Waals surface area contributed by atoms with Gasteiger partial charge in [0.15, 0.2) is 0 Å². The van der Waals surface area contributed by atoms with Crippen molar-refractivity contribution in [2.24, 2.45) is 0 Å². The summed E-state index contributed by atoms with van der Waals surface area (Å²) in [5.41, 5.74) is 1.30. The van der Waals surface area contributed by atoms with Gasteiger partial charge in [0.25, 0.3) is 0 Å². The summed E-state index contributed by atoms with van der Waals surface area (Å²) in [7, 11) is 0. The number of amides is 1. The molecule has 0 saturated heterocycles. The molecule has 8 heteroatoms. The second-order valence-corrected chi connectivity index (χ2v) is 4.84. The number of carbonyl (C=O) groups is 1. The van der Waals surface area contributed by atoms with Crippen molar-refractivity contribution in [1.29, 1.82) is 0 Å². The molecular formula is C14H18N6O2. The number of nitrogens with one attached hydrogen (secondary N) is 3. The smallest absolute Gasteiger partial charge is 0.346 e. The van der Waals surface area contributed by atoms with Gasteiger partial charge in [-0.15, -0.1) is 0 Å². The van der Waals surface area contributed by atoms with Crippen molar-refractivity contribution < 1.29 is 4.79 Å². The normalized spacial score (nSPS) is 10.3. The lowest BCUT2D eigenvalue weighted by Gasteiger charge is -2.07. The van der Waals surface area contributed by atoms with Gasteiger partial charge in [-0.05, 0) is 32.4 Å². The van der Waals surface area contributed by atoms with Crippen LogP contribution < -0.4 is 16.3 Å². The highest BCUT2D eigenvalue weighted by Gasteiger charge is 2.04. The van der Waals surface area contributed by atoms with E-state index in [-0.39, 0.29) is 5.91 Å². The molecule has 0 spiro atoms. The lowest BCUT2D eigenvalue weighted by Crippen LogP contribution is -2.18. The molecule has 116 valence electrons. The van der Waals surface area contributed by atoms with Gasteiger partial charge in [0.1, 0.15) is 5.82 Å². The molecule has 0 aliphatic heterocycles. The first-order valence-corrected chi connectivity index (χ1v) is 6.94. The molecule has 0 unspecified atom stereocenters. The highest BCUT2D eigenvalue weighted by atomic mass is 16.2. The first kappa shape index (κ1) is 15.6. The second kappa shape index (κ2) is 7.30. The summed E-state index contributed by atoms with van der Waals surface area (Å²) >= 11 is 0. The van der Waals surface area contributed by atoms with Gasteiger partial charge >= 0.3 is 5.69 Å². The summed E-state index contributed by atoms with van der Waals surface area (Å²) in [4.78, 5) is 37.2. The Bertz CT molecular complexity index is 692. The van der Waals surface area contributed by atoms with Crippen molar-refractivity contribution in [2.45, 2.75) is 26.7 Å². The van der Waals surface area contributed by atoms with Gasteiger partial charge in [0.05, 0.1) is 0 Å². The molecule has 2 aromatic heterocycles. The Hall–Kier alpha value is -2.77. The third kappa shape index (κ3) is 4.97.